The fraction of sp³-hybridized carbons (Fsp3) is 0.750. The van der Waals surface area contributed by atoms with Crippen molar-refractivity contribution in [3.8, 4) is 11.8 Å². The summed E-state index contributed by atoms with van der Waals surface area (Å²) in [4.78, 5) is 23.2. The van der Waals surface area contributed by atoms with Gasteiger partial charge in [0.15, 0.2) is 0 Å². The Hall–Kier alpha value is -1.70. The van der Waals surface area contributed by atoms with Crippen molar-refractivity contribution in [1.29, 1.82) is 0 Å². The van der Waals surface area contributed by atoms with Crippen molar-refractivity contribution >= 4 is 12.0 Å². The number of nitrogens with one attached hydrogen (secondary N) is 2. The average molecular weight is 294 g/mol. The monoisotopic (exact) mass is 294 g/mol. The van der Waals surface area contributed by atoms with Gasteiger partial charge in [0.1, 0.15) is 0 Å². The molecule has 0 spiro atoms. The molecule has 21 heavy (non-hydrogen) atoms. The van der Waals surface area contributed by atoms with Gasteiger partial charge in [0.25, 0.3) is 0 Å². The second-order valence-electron chi connectivity index (χ2n) is 6.26. The maximum Gasteiger partial charge on any atom is 0.315 e. The van der Waals surface area contributed by atoms with Gasteiger partial charge in [-0.05, 0) is 31.1 Å². The highest BCUT2D eigenvalue weighted by Crippen LogP contribution is 2.44. The summed E-state index contributed by atoms with van der Waals surface area (Å²) < 4.78 is 0. The predicted octanol–water partition coefficient (Wildman–Crippen LogP) is 2.22. The molecule has 1 fully saturated rings. The van der Waals surface area contributed by atoms with E-state index in [4.69, 9.17) is 0 Å². The Morgan fingerprint density at radius 1 is 1.33 bits per heavy atom. The zero-order valence-corrected chi connectivity index (χ0v) is 13.3. The maximum absolute atomic E-state index is 11.9. The van der Waals surface area contributed by atoms with E-state index in [1.54, 1.807) is 6.92 Å². The van der Waals surface area contributed by atoms with Crippen molar-refractivity contribution in [2.24, 2.45) is 17.3 Å². The van der Waals surface area contributed by atoms with Crippen LogP contribution in [0.2, 0.25) is 0 Å². The molecule has 118 valence electrons. The normalized spacial score (nSPS) is 27.1. The molecule has 3 atom stereocenters. The van der Waals surface area contributed by atoms with Crippen LogP contribution < -0.4 is 10.6 Å². The van der Waals surface area contributed by atoms with E-state index in [0.29, 0.717) is 25.8 Å². The number of carboxylic acids is 1. The Morgan fingerprint density at radius 3 is 2.57 bits per heavy atom. The van der Waals surface area contributed by atoms with Gasteiger partial charge in [0.2, 0.25) is 0 Å². The Bertz CT molecular complexity index is 448. The predicted molar refractivity (Wildman–Crippen MR) is 81.7 cm³/mol. The van der Waals surface area contributed by atoms with E-state index in [1.807, 2.05) is 20.8 Å². The third-order valence-electron chi connectivity index (χ3n) is 4.77. The van der Waals surface area contributed by atoms with Crippen molar-refractivity contribution < 1.29 is 14.7 Å². The summed E-state index contributed by atoms with van der Waals surface area (Å²) in [5, 5.41) is 15.1. The molecule has 1 saturated carbocycles. The molecule has 0 heterocycles. The van der Waals surface area contributed by atoms with Gasteiger partial charge in [-0.1, -0.05) is 20.8 Å². The van der Waals surface area contributed by atoms with Crippen LogP contribution in [-0.4, -0.2) is 29.7 Å². The van der Waals surface area contributed by atoms with Crippen molar-refractivity contribution in [3.63, 3.8) is 0 Å². The van der Waals surface area contributed by atoms with Crippen LogP contribution in [0.15, 0.2) is 0 Å². The summed E-state index contributed by atoms with van der Waals surface area (Å²) in [5.74, 6) is 4.68. The van der Waals surface area contributed by atoms with E-state index < -0.39 is 5.97 Å². The lowest BCUT2D eigenvalue weighted by Crippen LogP contribution is -2.54. The van der Waals surface area contributed by atoms with Gasteiger partial charge in [0.05, 0.1) is 5.92 Å². The molecule has 0 bridgehead atoms. The largest absolute Gasteiger partial charge is 0.481 e. The first-order valence-electron chi connectivity index (χ1n) is 7.47. The zero-order chi connectivity index (χ0) is 16.0. The van der Waals surface area contributed by atoms with E-state index in [0.717, 1.165) is 0 Å². The summed E-state index contributed by atoms with van der Waals surface area (Å²) in [6, 6.07) is -0.192. The fourth-order valence-electron chi connectivity index (χ4n) is 3.03. The second-order valence-corrected chi connectivity index (χ2v) is 6.26. The Kier molecular flexibility index (Phi) is 6.07. The number of hydrogen-bond donors (Lipinski definition) is 3. The molecule has 2 amide bonds. The van der Waals surface area contributed by atoms with E-state index >= 15 is 0 Å². The minimum absolute atomic E-state index is 0.00728. The zero-order valence-electron chi connectivity index (χ0n) is 13.3. The summed E-state index contributed by atoms with van der Waals surface area (Å²) in [6.07, 6.45) is 1.93. The minimum atomic E-state index is -0.743. The molecule has 0 saturated heterocycles. The van der Waals surface area contributed by atoms with Crippen molar-refractivity contribution in [1.82, 2.24) is 10.6 Å². The van der Waals surface area contributed by atoms with Crippen LogP contribution in [0.25, 0.3) is 0 Å². The Labute approximate surface area is 126 Å². The lowest BCUT2D eigenvalue weighted by Gasteiger charge is -2.46. The van der Waals surface area contributed by atoms with Crippen molar-refractivity contribution in [2.45, 2.75) is 53.0 Å². The highest BCUT2D eigenvalue weighted by Gasteiger charge is 2.46. The summed E-state index contributed by atoms with van der Waals surface area (Å²) in [7, 11) is 0. The van der Waals surface area contributed by atoms with Crippen LogP contribution in [0, 0.1) is 29.1 Å². The molecule has 5 nitrogen and oxygen atoms in total. The molecule has 0 aromatic carbocycles. The lowest BCUT2D eigenvalue weighted by molar-refractivity contribution is -0.150. The summed E-state index contributed by atoms with van der Waals surface area (Å²) in [6.45, 7) is 8.25. The third kappa shape index (κ3) is 4.38. The average Bonchev–Trinajstić information content (AvgIpc) is 2.40. The van der Waals surface area contributed by atoms with Crippen molar-refractivity contribution in [2.75, 3.05) is 6.54 Å². The quantitative estimate of drug-likeness (QED) is 0.549. The van der Waals surface area contributed by atoms with Crippen LogP contribution in [-0.2, 0) is 4.79 Å². The first-order chi connectivity index (χ1) is 9.80. The highest BCUT2D eigenvalue weighted by molar-refractivity contribution is 5.74. The number of rotatable bonds is 4. The van der Waals surface area contributed by atoms with Crippen LogP contribution in [0.3, 0.4) is 0 Å². The number of aliphatic carboxylic acids is 1. The van der Waals surface area contributed by atoms with Gasteiger partial charge in [-0.2, -0.15) is 0 Å². The number of carboxylic acid groups (broad SMARTS) is 1. The van der Waals surface area contributed by atoms with Gasteiger partial charge in [-0.25, -0.2) is 4.79 Å². The summed E-state index contributed by atoms with van der Waals surface area (Å²) >= 11 is 0. The number of hydrogen-bond acceptors (Lipinski definition) is 2. The lowest BCUT2D eigenvalue weighted by atomic mass is 9.61. The van der Waals surface area contributed by atoms with Crippen LogP contribution in [0.4, 0.5) is 4.79 Å². The SMILES string of the molecule is CC#CCCNC(=O)NC1CCC(C(=O)O)C(C)(C)C1C. The van der Waals surface area contributed by atoms with E-state index in [1.165, 1.54) is 0 Å². The van der Waals surface area contributed by atoms with E-state index in [9.17, 15) is 14.7 Å². The van der Waals surface area contributed by atoms with E-state index in [2.05, 4.69) is 22.5 Å². The topological polar surface area (TPSA) is 78.4 Å². The maximum atomic E-state index is 11.9. The van der Waals surface area contributed by atoms with Crippen LogP contribution >= 0.6 is 0 Å². The molecule has 1 aliphatic rings. The second kappa shape index (κ2) is 7.35. The fourth-order valence-corrected chi connectivity index (χ4v) is 3.03. The molecule has 0 aromatic rings. The van der Waals surface area contributed by atoms with Crippen molar-refractivity contribution in [3.05, 3.63) is 0 Å². The number of urea groups is 1. The highest BCUT2D eigenvalue weighted by atomic mass is 16.4. The first kappa shape index (κ1) is 17.4. The molecule has 3 unspecified atom stereocenters. The molecular weight excluding hydrogens is 268 g/mol. The molecule has 0 aromatic heterocycles. The van der Waals surface area contributed by atoms with Crippen LogP contribution in [0.1, 0.15) is 47.0 Å². The Morgan fingerprint density at radius 2 is 2.00 bits per heavy atom. The molecule has 0 radical (unpaired) electrons. The standard InChI is InChI=1S/C16H26N2O3/c1-5-6-7-10-17-15(21)18-13-9-8-12(14(19)20)16(3,4)11(13)2/h11-13H,7-10H2,1-4H3,(H,19,20)(H2,17,18,21). The molecular formula is C16H26N2O3. The first-order valence-corrected chi connectivity index (χ1v) is 7.47. The van der Waals surface area contributed by atoms with Gasteiger partial charge in [0, 0.05) is 19.0 Å². The molecule has 5 heteroatoms. The van der Waals surface area contributed by atoms with Gasteiger partial charge >= 0.3 is 12.0 Å². The van der Waals surface area contributed by atoms with Gasteiger partial charge in [-0.3, -0.25) is 4.79 Å². The summed E-state index contributed by atoms with van der Waals surface area (Å²) in [5.41, 5.74) is -0.338. The number of amides is 2. The molecule has 1 rings (SSSR count). The minimum Gasteiger partial charge on any atom is -0.481 e. The van der Waals surface area contributed by atoms with Gasteiger partial charge in [-0.15, -0.1) is 11.8 Å². The Balaban J connectivity index is 2.55. The third-order valence-corrected chi connectivity index (χ3v) is 4.77. The molecule has 3 N–H and O–H groups in total. The molecule has 0 aliphatic heterocycles. The van der Waals surface area contributed by atoms with E-state index in [-0.39, 0.29) is 29.3 Å². The number of carbonyl (C=O) groups excluding carboxylic acids is 1. The number of carbonyl (C=O) groups is 2. The van der Waals surface area contributed by atoms with Crippen LogP contribution in [0.5, 0.6) is 0 Å². The molecule has 1 aliphatic carbocycles. The van der Waals surface area contributed by atoms with Gasteiger partial charge < -0.3 is 15.7 Å². The smallest absolute Gasteiger partial charge is 0.315 e.